The highest BCUT2D eigenvalue weighted by atomic mass is 28.3. The van der Waals surface area contributed by atoms with Crippen LogP contribution in [0.15, 0.2) is 24.3 Å². The van der Waals surface area contributed by atoms with Crippen molar-refractivity contribution in [3.05, 3.63) is 29.8 Å². The fourth-order valence-corrected chi connectivity index (χ4v) is 4.65. The first-order chi connectivity index (χ1) is 8.72. The van der Waals surface area contributed by atoms with Gasteiger partial charge in [0.2, 0.25) is 0 Å². The van der Waals surface area contributed by atoms with Crippen LogP contribution in [0.2, 0.25) is 12.1 Å². The van der Waals surface area contributed by atoms with E-state index in [0.29, 0.717) is 0 Å². The number of hydrogen-bond donors (Lipinski definition) is 0. The second-order valence-corrected chi connectivity index (χ2v) is 7.18. The zero-order valence-corrected chi connectivity index (χ0v) is 13.0. The van der Waals surface area contributed by atoms with E-state index in [2.05, 4.69) is 38.1 Å². The molecule has 0 saturated carbocycles. The van der Waals surface area contributed by atoms with E-state index in [1.54, 1.807) is 0 Å². The molecule has 1 aromatic carbocycles. The Labute approximate surface area is 113 Å². The Balaban J connectivity index is 2.73. The summed E-state index contributed by atoms with van der Waals surface area (Å²) in [7, 11) is -0.584. The summed E-state index contributed by atoms with van der Waals surface area (Å²) in [6, 6.07) is 11.0. The molecule has 0 saturated heterocycles. The second-order valence-electron chi connectivity index (χ2n) is 4.32. The normalized spacial score (nSPS) is 11.4. The van der Waals surface area contributed by atoms with Gasteiger partial charge >= 0.3 is 0 Å². The quantitative estimate of drug-likeness (QED) is 0.531. The third-order valence-electron chi connectivity index (χ3n) is 3.07. The Kier molecular flexibility index (Phi) is 7.24. The Morgan fingerprint density at radius 1 is 1.06 bits per heavy atom. The average molecular weight is 265 g/mol. The highest BCUT2D eigenvalue weighted by Crippen LogP contribution is 2.11. The van der Waals surface area contributed by atoms with Gasteiger partial charge in [0, 0.05) is 13.2 Å². The third-order valence-corrected chi connectivity index (χ3v) is 6.07. The summed E-state index contributed by atoms with van der Waals surface area (Å²) in [5.74, 6) is 0. The number of aryl methyl sites for hydroxylation is 1. The average Bonchev–Trinajstić information content (AvgIpc) is 2.37. The van der Waals surface area contributed by atoms with Gasteiger partial charge < -0.3 is 9.47 Å². The predicted octanol–water partition coefficient (Wildman–Crippen LogP) is 3.12. The maximum Gasteiger partial charge on any atom is 0.155 e. The van der Waals surface area contributed by atoms with Crippen LogP contribution in [0.1, 0.15) is 26.3 Å². The first-order valence-corrected chi connectivity index (χ1v) is 8.78. The first kappa shape index (κ1) is 15.4. The van der Waals surface area contributed by atoms with Gasteiger partial charge in [0.25, 0.3) is 0 Å². The van der Waals surface area contributed by atoms with Crippen molar-refractivity contribution >= 4 is 14.0 Å². The summed E-state index contributed by atoms with van der Waals surface area (Å²) in [6.45, 7) is 9.96. The summed E-state index contributed by atoms with van der Waals surface area (Å²) < 4.78 is 11.4. The smallest absolute Gasteiger partial charge is 0.155 e. The van der Waals surface area contributed by atoms with E-state index in [0.717, 1.165) is 19.3 Å². The molecule has 3 heteroatoms. The molecule has 0 unspecified atom stereocenters. The third kappa shape index (κ3) is 4.56. The first-order valence-electron chi connectivity index (χ1n) is 6.86. The standard InChI is InChI=1S/C15H25O2Si/c1-5-16-15(17-6-2)12-18(7-3)14-11-9-8-10-13(14)4/h8-11,15H,5-7,12H2,1-4H3. The van der Waals surface area contributed by atoms with Crippen LogP contribution in [0.3, 0.4) is 0 Å². The molecular weight excluding hydrogens is 240 g/mol. The van der Waals surface area contributed by atoms with Crippen LogP contribution in [0.25, 0.3) is 0 Å². The molecule has 1 radical (unpaired) electrons. The fraction of sp³-hybridized carbons (Fsp3) is 0.600. The lowest BCUT2D eigenvalue weighted by Crippen LogP contribution is -2.36. The zero-order chi connectivity index (χ0) is 13.4. The monoisotopic (exact) mass is 265 g/mol. The molecule has 101 valence electrons. The van der Waals surface area contributed by atoms with Gasteiger partial charge in [0.05, 0.1) is 8.80 Å². The van der Waals surface area contributed by atoms with E-state index >= 15 is 0 Å². The highest BCUT2D eigenvalue weighted by Gasteiger charge is 2.20. The Morgan fingerprint density at radius 2 is 1.67 bits per heavy atom. The largest absolute Gasteiger partial charge is 0.353 e. The van der Waals surface area contributed by atoms with Gasteiger partial charge in [0.15, 0.2) is 6.29 Å². The molecule has 0 aliphatic heterocycles. The van der Waals surface area contributed by atoms with Crippen LogP contribution in [0.5, 0.6) is 0 Å². The van der Waals surface area contributed by atoms with Crippen LogP contribution < -0.4 is 5.19 Å². The molecular formula is C15H25O2Si. The van der Waals surface area contributed by atoms with Crippen LogP contribution in [-0.2, 0) is 9.47 Å². The Bertz CT molecular complexity index is 335. The summed E-state index contributed by atoms with van der Waals surface area (Å²) >= 11 is 0. The minimum absolute atomic E-state index is 0.0338. The summed E-state index contributed by atoms with van der Waals surface area (Å²) in [5.41, 5.74) is 1.40. The van der Waals surface area contributed by atoms with Crippen LogP contribution in [0.4, 0.5) is 0 Å². The predicted molar refractivity (Wildman–Crippen MR) is 78.9 cm³/mol. The van der Waals surface area contributed by atoms with Crippen molar-refractivity contribution in [2.75, 3.05) is 13.2 Å². The van der Waals surface area contributed by atoms with Crippen molar-refractivity contribution in [1.29, 1.82) is 0 Å². The maximum atomic E-state index is 5.68. The lowest BCUT2D eigenvalue weighted by molar-refractivity contribution is -0.123. The van der Waals surface area contributed by atoms with Gasteiger partial charge in [-0.2, -0.15) is 0 Å². The van der Waals surface area contributed by atoms with Gasteiger partial charge in [-0.05, 0) is 26.8 Å². The molecule has 0 N–H and O–H groups in total. The van der Waals surface area contributed by atoms with Crippen molar-refractivity contribution < 1.29 is 9.47 Å². The minimum atomic E-state index is -0.584. The molecule has 0 heterocycles. The lowest BCUT2D eigenvalue weighted by Gasteiger charge is -2.22. The Morgan fingerprint density at radius 3 is 2.17 bits per heavy atom. The van der Waals surface area contributed by atoms with E-state index in [1.807, 2.05) is 13.8 Å². The molecule has 0 bridgehead atoms. The summed E-state index contributed by atoms with van der Waals surface area (Å²) in [4.78, 5) is 0. The molecule has 0 fully saturated rings. The molecule has 0 spiro atoms. The molecule has 0 aromatic heterocycles. The van der Waals surface area contributed by atoms with E-state index in [1.165, 1.54) is 16.8 Å². The molecule has 1 rings (SSSR count). The fourth-order valence-electron chi connectivity index (χ4n) is 2.15. The summed E-state index contributed by atoms with van der Waals surface area (Å²) in [6.07, 6.45) is -0.0338. The summed E-state index contributed by atoms with van der Waals surface area (Å²) in [5, 5.41) is 1.52. The SMILES string of the molecule is CCOC(C[Si](CC)c1ccccc1C)OCC. The van der Waals surface area contributed by atoms with Gasteiger partial charge in [0.1, 0.15) is 0 Å². The Hall–Kier alpha value is -0.643. The number of ether oxygens (including phenoxy) is 2. The van der Waals surface area contributed by atoms with Crippen molar-refractivity contribution in [2.45, 2.75) is 46.1 Å². The van der Waals surface area contributed by atoms with Gasteiger partial charge in [-0.3, -0.25) is 0 Å². The molecule has 1 aromatic rings. The molecule has 0 amide bonds. The van der Waals surface area contributed by atoms with Crippen LogP contribution >= 0.6 is 0 Å². The molecule has 18 heavy (non-hydrogen) atoms. The minimum Gasteiger partial charge on any atom is -0.353 e. The van der Waals surface area contributed by atoms with Crippen molar-refractivity contribution in [1.82, 2.24) is 0 Å². The van der Waals surface area contributed by atoms with E-state index in [9.17, 15) is 0 Å². The molecule has 0 atom stereocenters. The van der Waals surface area contributed by atoms with E-state index < -0.39 is 8.80 Å². The van der Waals surface area contributed by atoms with Gasteiger partial charge in [-0.1, -0.05) is 48.0 Å². The van der Waals surface area contributed by atoms with Gasteiger partial charge in [-0.15, -0.1) is 0 Å². The van der Waals surface area contributed by atoms with E-state index in [4.69, 9.17) is 9.47 Å². The molecule has 2 nitrogen and oxygen atoms in total. The van der Waals surface area contributed by atoms with Crippen LogP contribution in [-0.4, -0.2) is 28.3 Å². The van der Waals surface area contributed by atoms with Crippen molar-refractivity contribution in [2.24, 2.45) is 0 Å². The lowest BCUT2D eigenvalue weighted by atomic mass is 10.2. The number of rotatable bonds is 8. The highest BCUT2D eigenvalue weighted by molar-refractivity contribution is 6.73. The van der Waals surface area contributed by atoms with Crippen molar-refractivity contribution in [3.63, 3.8) is 0 Å². The maximum absolute atomic E-state index is 5.68. The van der Waals surface area contributed by atoms with E-state index in [-0.39, 0.29) is 6.29 Å². The van der Waals surface area contributed by atoms with Crippen molar-refractivity contribution in [3.8, 4) is 0 Å². The zero-order valence-electron chi connectivity index (χ0n) is 12.0. The topological polar surface area (TPSA) is 18.5 Å². The van der Waals surface area contributed by atoms with Crippen LogP contribution in [0, 0.1) is 6.92 Å². The number of benzene rings is 1. The van der Waals surface area contributed by atoms with Gasteiger partial charge in [-0.25, -0.2) is 0 Å². The number of hydrogen-bond acceptors (Lipinski definition) is 2. The molecule has 0 aliphatic carbocycles. The molecule has 0 aliphatic rings. The second kappa shape index (κ2) is 8.46.